The van der Waals surface area contributed by atoms with Crippen molar-refractivity contribution < 1.29 is 4.79 Å². The summed E-state index contributed by atoms with van der Waals surface area (Å²) in [4.78, 5) is 12.2. The number of carbonyl (C=O) groups excluding carboxylic acids is 1. The Morgan fingerprint density at radius 2 is 2.24 bits per heavy atom. The number of rotatable bonds is 3. The number of aryl methyl sites for hydroxylation is 1. The summed E-state index contributed by atoms with van der Waals surface area (Å²) in [6.07, 6.45) is 7.74. The fourth-order valence-corrected chi connectivity index (χ4v) is 2.60. The van der Waals surface area contributed by atoms with E-state index in [4.69, 9.17) is 5.73 Å². The zero-order valence-corrected chi connectivity index (χ0v) is 10.4. The van der Waals surface area contributed by atoms with E-state index < -0.39 is 0 Å². The van der Waals surface area contributed by atoms with Gasteiger partial charge in [0.05, 0.1) is 12.1 Å². The highest BCUT2D eigenvalue weighted by Crippen LogP contribution is 2.23. The van der Waals surface area contributed by atoms with E-state index in [1.54, 1.807) is 4.68 Å². The number of aromatic nitrogens is 2. The minimum Gasteiger partial charge on any atom is -0.327 e. The molecule has 0 spiro atoms. The second-order valence-electron chi connectivity index (χ2n) is 5.03. The molecule has 0 radical (unpaired) electrons. The van der Waals surface area contributed by atoms with Crippen molar-refractivity contribution in [1.29, 1.82) is 0 Å². The van der Waals surface area contributed by atoms with Gasteiger partial charge in [-0.1, -0.05) is 19.3 Å². The van der Waals surface area contributed by atoms with E-state index >= 15 is 0 Å². The summed E-state index contributed by atoms with van der Waals surface area (Å²) < 4.78 is 1.73. The third kappa shape index (κ3) is 3.16. The van der Waals surface area contributed by atoms with Crippen LogP contribution in [0, 0.1) is 5.92 Å². The molecule has 0 aromatic carbocycles. The highest BCUT2D eigenvalue weighted by Gasteiger charge is 2.27. The molecule has 0 bridgehead atoms. The molecule has 17 heavy (non-hydrogen) atoms. The fraction of sp³-hybridized carbons (Fsp3) is 0.692. The standard InChI is InChI=1S/C13H21N3O/c1-16-8-7-10(15-16)9-13(17)11-5-3-2-4-6-12(11)14/h7-8,11-12H,2-6,9,14H2,1H3. The molecular formula is C13H21N3O. The van der Waals surface area contributed by atoms with Crippen LogP contribution in [-0.4, -0.2) is 21.6 Å². The molecule has 2 atom stereocenters. The van der Waals surface area contributed by atoms with Gasteiger partial charge in [0.2, 0.25) is 0 Å². The van der Waals surface area contributed by atoms with Crippen molar-refractivity contribution in [3.63, 3.8) is 0 Å². The summed E-state index contributed by atoms with van der Waals surface area (Å²) in [5.41, 5.74) is 6.95. The van der Waals surface area contributed by atoms with Gasteiger partial charge in [-0.05, 0) is 18.9 Å². The summed E-state index contributed by atoms with van der Waals surface area (Å²) >= 11 is 0. The number of ketones is 1. The highest BCUT2D eigenvalue weighted by atomic mass is 16.1. The van der Waals surface area contributed by atoms with Crippen LogP contribution in [0.3, 0.4) is 0 Å². The maximum absolute atomic E-state index is 12.2. The summed E-state index contributed by atoms with van der Waals surface area (Å²) in [6, 6.07) is 1.95. The van der Waals surface area contributed by atoms with Crippen LogP contribution in [0.15, 0.2) is 12.3 Å². The van der Waals surface area contributed by atoms with Crippen LogP contribution in [0.5, 0.6) is 0 Å². The molecule has 0 saturated heterocycles. The van der Waals surface area contributed by atoms with Crippen molar-refractivity contribution in [2.24, 2.45) is 18.7 Å². The molecule has 1 aliphatic rings. The molecular weight excluding hydrogens is 214 g/mol. The van der Waals surface area contributed by atoms with Gasteiger partial charge in [0, 0.05) is 25.2 Å². The predicted molar refractivity (Wildman–Crippen MR) is 66.5 cm³/mol. The summed E-state index contributed by atoms with van der Waals surface area (Å²) in [6.45, 7) is 0. The Balaban J connectivity index is 1.98. The lowest BCUT2D eigenvalue weighted by Gasteiger charge is -2.19. The maximum atomic E-state index is 12.2. The van der Waals surface area contributed by atoms with E-state index in [0.29, 0.717) is 6.42 Å². The maximum Gasteiger partial charge on any atom is 0.143 e. The average Bonchev–Trinajstić information content (AvgIpc) is 2.57. The molecule has 0 amide bonds. The van der Waals surface area contributed by atoms with Gasteiger partial charge in [0.15, 0.2) is 0 Å². The molecule has 2 rings (SSSR count). The lowest BCUT2D eigenvalue weighted by atomic mass is 9.89. The lowest BCUT2D eigenvalue weighted by Crippen LogP contribution is -2.35. The minimum atomic E-state index is 0.0412. The van der Waals surface area contributed by atoms with Gasteiger partial charge in [-0.15, -0.1) is 0 Å². The molecule has 1 heterocycles. The first-order valence-corrected chi connectivity index (χ1v) is 6.43. The van der Waals surface area contributed by atoms with Crippen molar-refractivity contribution in [2.75, 3.05) is 0 Å². The van der Waals surface area contributed by atoms with Crippen molar-refractivity contribution in [3.05, 3.63) is 18.0 Å². The molecule has 1 aromatic heterocycles. The van der Waals surface area contributed by atoms with Crippen LogP contribution in [0.4, 0.5) is 0 Å². The Morgan fingerprint density at radius 1 is 1.47 bits per heavy atom. The van der Waals surface area contributed by atoms with Crippen LogP contribution in [0.25, 0.3) is 0 Å². The quantitative estimate of drug-likeness (QED) is 0.806. The van der Waals surface area contributed by atoms with E-state index in [2.05, 4.69) is 5.10 Å². The molecule has 2 N–H and O–H groups in total. The van der Waals surface area contributed by atoms with Gasteiger partial charge in [0.25, 0.3) is 0 Å². The average molecular weight is 235 g/mol. The molecule has 4 nitrogen and oxygen atoms in total. The Labute approximate surface area is 102 Å². The third-order valence-corrected chi connectivity index (χ3v) is 3.61. The van der Waals surface area contributed by atoms with Crippen molar-refractivity contribution in [1.82, 2.24) is 9.78 Å². The van der Waals surface area contributed by atoms with Crippen LogP contribution in [0.1, 0.15) is 37.8 Å². The van der Waals surface area contributed by atoms with Gasteiger partial charge >= 0.3 is 0 Å². The van der Waals surface area contributed by atoms with E-state index in [9.17, 15) is 4.79 Å². The SMILES string of the molecule is Cn1ccc(CC(=O)C2CCCCCC2N)n1. The highest BCUT2D eigenvalue weighted by molar-refractivity contribution is 5.83. The number of carbonyl (C=O) groups is 1. The summed E-state index contributed by atoms with van der Waals surface area (Å²) in [5.74, 6) is 0.303. The largest absolute Gasteiger partial charge is 0.327 e. The molecule has 1 saturated carbocycles. The summed E-state index contributed by atoms with van der Waals surface area (Å²) in [7, 11) is 1.87. The normalized spacial score (nSPS) is 25.5. The number of hydrogen-bond acceptors (Lipinski definition) is 3. The van der Waals surface area contributed by atoms with Gasteiger partial charge in [-0.3, -0.25) is 9.48 Å². The second kappa shape index (κ2) is 5.45. The molecule has 4 heteroatoms. The van der Waals surface area contributed by atoms with Gasteiger partial charge < -0.3 is 5.73 Å². The predicted octanol–water partition coefficient (Wildman–Crippen LogP) is 1.44. The van der Waals surface area contributed by atoms with E-state index in [1.165, 1.54) is 6.42 Å². The summed E-state index contributed by atoms with van der Waals surface area (Å²) in [5, 5.41) is 4.25. The van der Waals surface area contributed by atoms with Gasteiger partial charge in [-0.2, -0.15) is 5.10 Å². The van der Waals surface area contributed by atoms with E-state index in [-0.39, 0.29) is 17.7 Å². The van der Waals surface area contributed by atoms with Crippen molar-refractivity contribution >= 4 is 5.78 Å². The fourth-order valence-electron chi connectivity index (χ4n) is 2.60. The first-order valence-electron chi connectivity index (χ1n) is 6.43. The molecule has 1 fully saturated rings. The number of hydrogen-bond donors (Lipinski definition) is 1. The topological polar surface area (TPSA) is 60.9 Å². The first kappa shape index (κ1) is 12.3. The van der Waals surface area contributed by atoms with Crippen molar-refractivity contribution in [3.8, 4) is 0 Å². The zero-order valence-electron chi connectivity index (χ0n) is 10.4. The van der Waals surface area contributed by atoms with Crippen molar-refractivity contribution in [2.45, 2.75) is 44.6 Å². The Morgan fingerprint density at radius 3 is 2.94 bits per heavy atom. The molecule has 1 aromatic rings. The Kier molecular flexibility index (Phi) is 3.94. The molecule has 2 unspecified atom stereocenters. The van der Waals surface area contributed by atoms with Gasteiger partial charge in [0.1, 0.15) is 5.78 Å². The monoisotopic (exact) mass is 235 g/mol. The zero-order chi connectivity index (χ0) is 12.3. The smallest absolute Gasteiger partial charge is 0.143 e. The van der Waals surface area contributed by atoms with Crippen LogP contribution >= 0.6 is 0 Å². The number of nitrogens with two attached hydrogens (primary N) is 1. The number of nitrogens with zero attached hydrogens (tertiary/aromatic N) is 2. The molecule has 1 aliphatic carbocycles. The first-order chi connectivity index (χ1) is 8.16. The molecule has 0 aliphatic heterocycles. The van der Waals surface area contributed by atoms with Crippen LogP contribution in [0.2, 0.25) is 0 Å². The lowest BCUT2D eigenvalue weighted by molar-refractivity contribution is -0.123. The van der Waals surface area contributed by atoms with E-state index in [0.717, 1.165) is 31.4 Å². The number of Topliss-reactive ketones (excluding diaryl/α,β-unsaturated/α-hetero) is 1. The van der Waals surface area contributed by atoms with Crippen LogP contribution < -0.4 is 5.73 Å². The third-order valence-electron chi connectivity index (χ3n) is 3.61. The Hall–Kier alpha value is -1.16. The minimum absolute atomic E-state index is 0.0412. The molecule has 94 valence electrons. The van der Waals surface area contributed by atoms with E-state index in [1.807, 2.05) is 19.3 Å². The Bertz CT molecular complexity index is 386. The van der Waals surface area contributed by atoms with Gasteiger partial charge in [-0.25, -0.2) is 0 Å². The second-order valence-corrected chi connectivity index (χ2v) is 5.03. The van der Waals surface area contributed by atoms with Crippen LogP contribution in [-0.2, 0) is 18.3 Å².